The van der Waals surface area contributed by atoms with Gasteiger partial charge in [-0.1, -0.05) is 0 Å². The monoisotopic (exact) mass is 204 g/mol. The molecule has 1 fully saturated rings. The van der Waals surface area contributed by atoms with Gasteiger partial charge in [0.05, 0.1) is 19.3 Å². The molecule has 0 spiro atoms. The molecular weight excluding hydrogens is 192 g/mol. The van der Waals surface area contributed by atoms with Crippen molar-refractivity contribution in [2.45, 2.75) is 6.42 Å². The normalized spacial score (nSPS) is 22.0. The Morgan fingerprint density at radius 2 is 2.38 bits per heavy atom. The maximum Gasteiger partial charge on any atom is 0.115 e. The predicted octanol–water partition coefficient (Wildman–Crippen LogP) is -0.0986. The molecule has 13 heavy (non-hydrogen) atoms. The first kappa shape index (κ1) is 10.6. The first-order chi connectivity index (χ1) is 6.09. The van der Waals surface area contributed by atoms with E-state index in [9.17, 15) is 9.42 Å². The highest BCUT2D eigenvalue weighted by Crippen LogP contribution is 2.31. The van der Waals surface area contributed by atoms with Crippen LogP contribution in [0.2, 0.25) is 0 Å². The van der Waals surface area contributed by atoms with Crippen molar-refractivity contribution in [1.82, 2.24) is 4.47 Å². The lowest BCUT2D eigenvalue weighted by Gasteiger charge is -2.40. The first-order valence-corrected chi connectivity index (χ1v) is 5.36. The number of hydrogen-bond donors (Lipinski definition) is 1. The molecule has 0 aromatic heterocycles. The SMILES string of the molecule is CS(=O)N(O)CC1(CC#N)COC1. The van der Waals surface area contributed by atoms with Crippen molar-refractivity contribution >= 4 is 11.0 Å². The average Bonchev–Trinajstić information content (AvgIpc) is 2.00. The standard InChI is InChI=1S/C7H12N2O3S/c1-13(11)9(10)4-7(2-3-8)5-12-6-7/h10H,2,4-6H2,1H3. The Hall–Kier alpha value is -0.480. The van der Waals surface area contributed by atoms with Crippen LogP contribution in [0.4, 0.5) is 0 Å². The van der Waals surface area contributed by atoms with Crippen molar-refractivity contribution < 1.29 is 14.2 Å². The minimum absolute atomic E-state index is 0.226. The van der Waals surface area contributed by atoms with E-state index in [1.807, 2.05) is 6.07 Å². The Kier molecular flexibility index (Phi) is 3.39. The Balaban J connectivity index is 2.49. The molecule has 1 N–H and O–H groups in total. The molecule has 0 amide bonds. The molecule has 0 aromatic rings. The van der Waals surface area contributed by atoms with Gasteiger partial charge in [-0.25, -0.2) is 4.21 Å². The predicted molar refractivity (Wildman–Crippen MR) is 46.0 cm³/mol. The zero-order valence-electron chi connectivity index (χ0n) is 7.39. The third kappa shape index (κ3) is 2.48. The van der Waals surface area contributed by atoms with Crippen LogP contribution >= 0.6 is 0 Å². The highest BCUT2D eigenvalue weighted by Gasteiger charge is 2.40. The van der Waals surface area contributed by atoms with Crippen LogP contribution in [-0.4, -0.2) is 39.9 Å². The van der Waals surface area contributed by atoms with Gasteiger partial charge in [0.1, 0.15) is 11.0 Å². The molecule has 1 rings (SSSR count). The molecule has 6 heteroatoms. The second-order valence-corrected chi connectivity index (χ2v) is 4.53. The van der Waals surface area contributed by atoms with E-state index >= 15 is 0 Å². The molecular formula is C7H12N2O3S. The zero-order valence-corrected chi connectivity index (χ0v) is 8.21. The molecule has 1 aliphatic rings. The van der Waals surface area contributed by atoms with Crippen molar-refractivity contribution in [3.8, 4) is 6.07 Å². The van der Waals surface area contributed by atoms with E-state index in [0.29, 0.717) is 19.6 Å². The van der Waals surface area contributed by atoms with Gasteiger partial charge in [-0.05, 0) is 0 Å². The van der Waals surface area contributed by atoms with E-state index in [-0.39, 0.29) is 12.0 Å². The molecule has 1 unspecified atom stereocenters. The lowest BCUT2D eigenvalue weighted by molar-refractivity contribution is -0.147. The summed E-state index contributed by atoms with van der Waals surface area (Å²) in [5.74, 6) is 0. The maximum atomic E-state index is 10.8. The third-order valence-electron chi connectivity index (χ3n) is 2.04. The average molecular weight is 204 g/mol. The van der Waals surface area contributed by atoms with Gasteiger partial charge >= 0.3 is 0 Å². The van der Waals surface area contributed by atoms with Crippen molar-refractivity contribution in [3.63, 3.8) is 0 Å². The van der Waals surface area contributed by atoms with Crippen LogP contribution < -0.4 is 0 Å². The summed E-state index contributed by atoms with van der Waals surface area (Å²) in [6.45, 7) is 1.13. The summed E-state index contributed by atoms with van der Waals surface area (Å²) in [4.78, 5) is 0. The quantitative estimate of drug-likeness (QED) is 0.649. The van der Waals surface area contributed by atoms with Crippen LogP contribution in [0, 0.1) is 16.7 Å². The van der Waals surface area contributed by atoms with E-state index in [4.69, 9.17) is 10.00 Å². The van der Waals surface area contributed by atoms with E-state index < -0.39 is 11.0 Å². The van der Waals surface area contributed by atoms with E-state index in [0.717, 1.165) is 4.47 Å². The minimum Gasteiger partial charge on any atom is -0.380 e. The van der Waals surface area contributed by atoms with Gasteiger partial charge in [0.15, 0.2) is 0 Å². The Labute approximate surface area is 79.4 Å². The highest BCUT2D eigenvalue weighted by atomic mass is 32.2. The number of nitriles is 1. The Bertz CT molecular complexity index is 247. The third-order valence-corrected chi connectivity index (χ3v) is 2.76. The summed E-state index contributed by atoms with van der Waals surface area (Å²) in [5, 5.41) is 17.8. The summed E-state index contributed by atoms with van der Waals surface area (Å²) in [6.07, 6.45) is 1.71. The molecule has 0 aliphatic carbocycles. The van der Waals surface area contributed by atoms with Crippen molar-refractivity contribution in [2.24, 2.45) is 5.41 Å². The number of ether oxygens (including phenoxy) is 1. The lowest BCUT2D eigenvalue weighted by atomic mass is 9.83. The van der Waals surface area contributed by atoms with Gasteiger partial charge in [0.25, 0.3) is 0 Å². The molecule has 5 nitrogen and oxygen atoms in total. The first-order valence-electron chi connectivity index (χ1n) is 3.84. The molecule has 0 radical (unpaired) electrons. The molecule has 0 bridgehead atoms. The molecule has 1 saturated heterocycles. The van der Waals surface area contributed by atoms with Gasteiger partial charge in [0, 0.05) is 24.6 Å². The summed E-state index contributed by atoms with van der Waals surface area (Å²) < 4.78 is 16.6. The van der Waals surface area contributed by atoms with Gasteiger partial charge in [0.2, 0.25) is 0 Å². The summed E-state index contributed by atoms with van der Waals surface area (Å²) >= 11 is 0. The molecule has 1 heterocycles. The zero-order chi connectivity index (χ0) is 9.90. The minimum atomic E-state index is -1.40. The number of nitrogens with zero attached hydrogens (tertiary/aromatic N) is 2. The van der Waals surface area contributed by atoms with E-state index in [2.05, 4.69) is 0 Å². The summed E-state index contributed by atoms with van der Waals surface area (Å²) in [6, 6.07) is 2.04. The second kappa shape index (κ2) is 4.15. The van der Waals surface area contributed by atoms with Crippen LogP contribution in [0.5, 0.6) is 0 Å². The Morgan fingerprint density at radius 3 is 2.69 bits per heavy atom. The molecule has 74 valence electrons. The number of rotatable bonds is 4. The van der Waals surface area contributed by atoms with Gasteiger partial charge in [-0.2, -0.15) is 5.26 Å². The van der Waals surface area contributed by atoms with Gasteiger partial charge in [-0.15, -0.1) is 4.47 Å². The smallest absolute Gasteiger partial charge is 0.115 e. The highest BCUT2D eigenvalue weighted by molar-refractivity contribution is 7.81. The van der Waals surface area contributed by atoms with Crippen molar-refractivity contribution in [3.05, 3.63) is 0 Å². The van der Waals surface area contributed by atoms with Crippen LogP contribution in [0.3, 0.4) is 0 Å². The molecule has 0 saturated carbocycles. The Morgan fingerprint density at radius 1 is 1.77 bits per heavy atom. The topological polar surface area (TPSA) is 73.6 Å². The number of hydrogen-bond acceptors (Lipinski definition) is 4. The lowest BCUT2D eigenvalue weighted by Crippen LogP contribution is -2.50. The fraction of sp³-hybridized carbons (Fsp3) is 0.857. The van der Waals surface area contributed by atoms with Crippen LogP contribution in [0.25, 0.3) is 0 Å². The van der Waals surface area contributed by atoms with Crippen LogP contribution in [0.15, 0.2) is 0 Å². The van der Waals surface area contributed by atoms with Gasteiger partial charge < -0.3 is 9.94 Å². The van der Waals surface area contributed by atoms with Gasteiger partial charge in [-0.3, -0.25) is 0 Å². The van der Waals surface area contributed by atoms with E-state index in [1.54, 1.807) is 0 Å². The summed E-state index contributed by atoms with van der Waals surface area (Å²) in [5.41, 5.74) is -0.324. The van der Waals surface area contributed by atoms with Crippen LogP contribution in [-0.2, 0) is 15.7 Å². The molecule has 1 aliphatic heterocycles. The fourth-order valence-electron chi connectivity index (χ4n) is 1.19. The van der Waals surface area contributed by atoms with E-state index in [1.165, 1.54) is 6.26 Å². The van der Waals surface area contributed by atoms with Crippen molar-refractivity contribution in [2.75, 3.05) is 26.0 Å². The second-order valence-electron chi connectivity index (χ2n) is 3.26. The number of hydroxylamine groups is 1. The van der Waals surface area contributed by atoms with Crippen LogP contribution in [0.1, 0.15) is 6.42 Å². The van der Waals surface area contributed by atoms with Crippen molar-refractivity contribution in [1.29, 1.82) is 5.26 Å². The molecule has 1 atom stereocenters. The largest absolute Gasteiger partial charge is 0.380 e. The maximum absolute atomic E-state index is 10.8. The summed E-state index contributed by atoms with van der Waals surface area (Å²) in [7, 11) is -1.40. The fourth-order valence-corrected chi connectivity index (χ4v) is 1.64. The molecule has 0 aromatic carbocycles.